The average molecular weight is 325 g/mol. The van der Waals surface area contributed by atoms with E-state index in [9.17, 15) is 0 Å². The molecule has 5 fully saturated rings. The van der Waals surface area contributed by atoms with Crippen molar-refractivity contribution in [1.82, 2.24) is 4.90 Å². The minimum atomic E-state index is 0.824. The summed E-state index contributed by atoms with van der Waals surface area (Å²) in [5.74, 6) is 10.4. The maximum absolute atomic E-state index is 5.49. The predicted molar refractivity (Wildman–Crippen MR) is 92.0 cm³/mol. The number of ether oxygens (including phenoxy) is 2. The molecule has 9 atom stereocenters. The molecule has 1 aromatic carbocycles. The Morgan fingerprint density at radius 2 is 1.58 bits per heavy atom. The third-order valence-electron chi connectivity index (χ3n) is 8.67. The third kappa shape index (κ3) is 1.42. The number of fused-ring (bicyclic) bond motifs is 2. The van der Waals surface area contributed by atoms with Gasteiger partial charge in [-0.15, -0.1) is 0 Å². The van der Waals surface area contributed by atoms with E-state index in [0.717, 1.165) is 71.4 Å². The molecule has 0 aromatic heterocycles. The number of methoxy groups -OCH3 is 2. The van der Waals surface area contributed by atoms with Crippen molar-refractivity contribution < 1.29 is 9.47 Å². The lowest BCUT2D eigenvalue weighted by Gasteiger charge is -2.50. The minimum Gasteiger partial charge on any atom is -0.493 e. The lowest BCUT2D eigenvalue weighted by atomic mass is 9.58. The standard InChI is InChI=1S/C21H27NO2/c1-22(9-10-4-5-15(23-2)16(6-10)24-3)21-18-12-8-13-17-11(12)7-14(18)19(17)20(13)21/h4-6,11-14,17-21H,7-9H2,1-3H3/t11-,12-,13+,14+,17+,18-,19-,20-,21-/m0/s1. The van der Waals surface area contributed by atoms with E-state index in [2.05, 4.69) is 24.1 Å². The Balaban J connectivity index is 1.26. The first-order chi connectivity index (χ1) is 11.7. The second-order valence-electron chi connectivity index (χ2n) is 9.03. The largest absolute Gasteiger partial charge is 0.493 e. The summed E-state index contributed by atoms with van der Waals surface area (Å²) < 4.78 is 10.9. The molecule has 0 saturated heterocycles. The van der Waals surface area contributed by atoms with E-state index in [0.29, 0.717) is 0 Å². The first-order valence-corrected chi connectivity index (χ1v) is 9.64. The Labute approximate surface area is 144 Å². The maximum atomic E-state index is 5.49. The van der Waals surface area contributed by atoms with Gasteiger partial charge in [-0.2, -0.15) is 0 Å². The second kappa shape index (κ2) is 4.49. The van der Waals surface area contributed by atoms with Crippen LogP contribution in [0.5, 0.6) is 11.5 Å². The van der Waals surface area contributed by atoms with Gasteiger partial charge in [0.25, 0.3) is 0 Å². The fourth-order valence-corrected chi connectivity index (χ4v) is 8.38. The molecule has 3 heteroatoms. The number of hydrogen-bond acceptors (Lipinski definition) is 3. The van der Waals surface area contributed by atoms with Gasteiger partial charge in [0.2, 0.25) is 0 Å². The lowest BCUT2D eigenvalue weighted by Crippen LogP contribution is -2.51. The highest BCUT2D eigenvalue weighted by Gasteiger charge is 2.80. The molecule has 5 saturated carbocycles. The molecule has 1 aromatic rings. The van der Waals surface area contributed by atoms with Crippen LogP contribution in [0, 0.1) is 47.3 Å². The first-order valence-electron chi connectivity index (χ1n) is 9.64. The van der Waals surface area contributed by atoms with Gasteiger partial charge in [-0.1, -0.05) is 6.07 Å². The van der Waals surface area contributed by atoms with Gasteiger partial charge in [-0.25, -0.2) is 0 Å². The fourth-order valence-electron chi connectivity index (χ4n) is 8.38. The Kier molecular flexibility index (Phi) is 2.62. The Hall–Kier alpha value is -1.22. The van der Waals surface area contributed by atoms with E-state index in [1.807, 2.05) is 6.07 Å². The minimum absolute atomic E-state index is 0.824. The monoisotopic (exact) mass is 325 g/mol. The molecule has 0 aliphatic heterocycles. The van der Waals surface area contributed by atoms with Gasteiger partial charge < -0.3 is 9.47 Å². The van der Waals surface area contributed by atoms with Crippen molar-refractivity contribution in [3.05, 3.63) is 23.8 Å². The number of rotatable bonds is 5. The van der Waals surface area contributed by atoms with Crippen LogP contribution in [0.2, 0.25) is 0 Å². The molecule has 0 heterocycles. The third-order valence-corrected chi connectivity index (χ3v) is 8.67. The van der Waals surface area contributed by atoms with Crippen LogP contribution in [0.3, 0.4) is 0 Å². The van der Waals surface area contributed by atoms with Crippen molar-refractivity contribution in [3.63, 3.8) is 0 Å². The molecule has 0 radical (unpaired) electrons. The van der Waals surface area contributed by atoms with Crippen molar-refractivity contribution in [2.24, 2.45) is 47.3 Å². The van der Waals surface area contributed by atoms with Gasteiger partial charge in [-0.3, -0.25) is 4.90 Å². The summed E-state index contributed by atoms with van der Waals surface area (Å²) in [7, 11) is 5.79. The highest BCUT2D eigenvalue weighted by molar-refractivity contribution is 5.43. The summed E-state index contributed by atoms with van der Waals surface area (Å²) in [5, 5.41) is 0. The van der Waals surface area contributed by atoms with Crippen LogP contribution in [-0.4, -0.2) is 32.2 Å². The van der Waals surface area contributed by atoms with Gasteiger partial charge in [0, 0.05) is 12.6 Å². The van der Waals surface area contributed by atoms with E-state index in [1.165, 1.54) is 5.56 Å². The van der Waals surface area contributed by atoms with Crippen LogP contribution in [-0.2, 0) is 6.54 Å². The Morgan fingerprint density at radius 3 is 2.33 bits per heavy atom. The Bertz CT molecular complexity index is 697. The molecule has 0 amide bonds. The summed E-state index contributed by atoms with van der Waals surface area (Å²) in [4.78, 5) is 2.69. The first kappa shape index (κ1) is 14.0. The molecule has 5 aliphatic rings. The van der Waals surface area contributed by atoms with E-state index >= 15 is 0 Å². The molecular weight excluding hydrogens is 298 g/mol. The van der Waals surface area contributed by atoms with Crippen LogP contribution in [0.25, 0.3) is 0 Å². The normalized spacial score (nSPS) is 48.4. The lowest BCUT2D eigenvalue weighted by molar-refractivity contribution is -0.0220. The fraction of sp³-hybridized carbons (Fsp3) is 0.714. The number of hydrogen-bond donors (Lipinski definition) is 0. The van der Waals surface area contributed by atoms with E-state index < -0.39 is 0 Å². The van der Waals surface area contributed by atoms with E-state index in [4.69, 9.17) is 9.47 Å². The predicted octanol–water partition coefficient (Wildman–Crippen LogP) is 3.28. The summed E-state index contributed by atoms with van der Waals surface area (Å²) in [6.07, 6.45) is 3.16. The van der Waals surface area contributed by atoms with Crippen molar-refractivity contribution in [3.8, 4) is 11.5 Å². The second-order valence-corrected chi connectivity index (χ2v) is 9.03. The van der Waals surface area contributed by atoms with Gasteiger partial charge >= 0.3 is 0 Å². The van der Waals surface area contributed by atoms with Crippen molar-refractivity contribution in [2.45, 2.75) is 25.4 Å². The van der Waals surface area contributed by atoms with Crippen molar-refractivity contribution >= 4 is 0 Å². The average Bonchev–Trinajstić information content (AvgIpc) is 3.14. The van der Waals surface area contributed by atoms with Gasteiger partial charge in [0.05, 0.1) is 14.2 Å². The maximum Gasteiger partial charge on any atom is 0.161 e. The molecule has 3 nitrogen and oxygen atoms in total. The van der Waals surface area contributed by atoms with Crippen LogP contribution in [0.15, 0.2) is 18.2 Å². The number of nitrogens with zero attached hydrogens (tertiary/aromatic N) is 1. The zero-order valence-electron chi connectivity index (χ0n) is 14.8. The van der Waals surface area contributed by atoms with Gasteiger partial charge in [0.15, 0.2) is 11.5 Å². The summed E-state index contributed by atoms with van der Waals surface area (Å²) in [6, 6.07) is 7.24. The Morgan fingerprint density at radius 1 is 0.875 bits per heavy atom. The molecule has 0 N–H and O–H groups in total. The molecule has 0 spiro atoms. The van der Waals surface area contributed by atoms with E-state index in [-0.39, 0.29) is 0 Å². The van der Waals surface area contributed by atoms with Gasteiger partial charge in [-0.05, 0) is 84.9 Å². The molecule has 0 unspecified atom stereocenters. The van der Waals surface area contributed by atoms with Crippen LogP contribution in [0.4, 0.5) is 0 Å². The summed E-state index contributed by atoms with van der Waals surface area (Å²) in [5.41, 5.74) is 1.34. The van der Waals surface area contributed by atoms with Crippen molar-refractivity contribution in [2.75, 3.05) is 21.3 Å². The quantitative estimate of drug-likeness (QED) is 0.829. The molecule has 24 heavy (non-hydrogen) atoms. The van der Waals surface area contributed by atoms with Crippen LogP contribution >= 0.6 is 0 Å². The highest BCUT2D eigenvalue weighted by Crippen LogP contribution is 2.83. The zero-order valence-corrected chi connectivity index (χ0v) is 14.8. The van der Waals surface area contributed by atoms with E-state index in [1.54, 1.807) is 27.1 Å². The molecular formula is C21H27NO2. The molecule has 5 aliphatic carbocycles. The molecule has 2 bridgehead atoms. The summed E-state index contributed by atoms with van der Waals surface area (Å²) in [6.45, 7) is 1.03. The van der Waals surface area contributed by atoms with Gasteiger partial charge in [0.1, 0.15) is 0 Å². The van der Waals surface area contributed by atoms with Crippen LogP contribution in [0.1, 0.15) is 18.4 Å². The smallest absolute Gasteiger partial charge is 0.161 e. The topological polar surface area (TPSA) is 21.7 Å². The zero-order chi connectivity index (χ0) is 16.2. The van der Waals surface area contributed by atoms with Crippen LogP contribution < -0.4 is 9.47 Å². The molecule has 6 rings (SSSR count). The molecule has 128 valence electrons. The number of benzene rings is 1. The highest BCUT2D eigenvalue weighted by atomic mass is 16.5. The SMILES string of the molecule is COc1ccc(CN(C)[C@H]2[C@H]3[C@H]4C[C@@H]5[C@H]6[C@H]4C[C@H]3[C@@H]6[C@H]52)cc1OC. The van der Waals surface area contributed by atoms with Crippen molar-refractivity contribution in [1.29, 1.82) is 0 Å². The summed E-state index contributed by atoms with van der Waals surface area (Å²) >= 11 is 0.